The van der Waals surface area contributed by atoms with Crippen LogP contribution in [0, 0.1) is 11.8 Å². The second kappa shape index (κ2) is 6.85. The van der Waals surface area contributed by atoms with Gasteiger partial charge in [-0.3, -0.25) is 4.90 Å². The Balaban J connectivity index is 1.87. The molecule has 0 aromatic heterocycles. The van der Waals surface area contributed by atoms with E-state index in [-0.39, 0.29) is 0 Å². The molecule has 3 aliphatic rings. The Hall–Kier alpha value is -0.0151. The Bertz CT molecular complexity index is 368. The average Bonchev–Trinajstić information content (AvgIpc) is 2.41. The summed E-state index contributed by atoms with van der Waals surface area (Å²) in [6, 6.07) is 1.45. The van der Waals surface area contributed by atoms with E-state index in [9.17, 15) is 0 Å². The Morgan fingerprint density at radius 2 is 1.95 bits per heavy atom. The molecule has 22 heavy (non-hydrogen) atoms. The van der Waals surface area contributed by atoms with Gasteiger partial charge >= 0.3 is 0 Å². The first kappa shape index (κ1) is 16.8. The lowest BCUT2D eigenvalue weighted by Crippen LogP contribution is -2.74. The predicted molar refractivity (Wildman–Crippen MR) is 96.2 cm³/mol. The molecule has 3 rings (SSSR count). The highest BCUT2D eigenvalue weighted by atomic mass is 16.5. The van der Waals surface area contributed by atoms with Crippen molar-refractivity contribution in [3.63, 3.8) is 0 Å². The van der Waals surface area contributed by atoms with E-state index in [4.69, 9.17) is 4.74 Å². The van der Waals surface area contributed by atoms with Gasteiger partial charge in [-0.05, 0) is 44.9 Å². The summed E-state index contributed by atoms with van der Waals surface area (Å²) in [4.78, 5) is 2.91. The molecule has 0 amide bonds. The van der Waals surface area contributed by atoms with Crippen LogP contribution in [0.2, 0.25) is 5.82 Å². The maximum Gasteiger partial charge on any atom is 0.105 e. The maximum absolute atomic E-state index is 5.82. The lowest BCUT2D eigenvalue weighted by Gasteiger charge is -2.64. The van der Waals surface area contributed by atoms with Gasteiger partial charge in [0, 0.05) is 12.1 Å². The van der Waals surface area contributed by atoms with Gasteiger partial charge in [0.2, 0.25) is 0 Å². The molecule has 0 bridgehead atoms. The summed E-state index contributed by atoms with van der Waals surface area (Å²) in [5, 5.41) is 0. The van der Waals surface area contributed by atoms with Gasteiger partial charge in [0.1, 0.15) is 7.85 Å². The van der Waals surface area contributed by atoms with E-state index in [1.807, 2.05) is 0 Å². The van der Waals surface area contributed by atoms with E-state index in [2.05, 4.69) is 33.5 Å². The first-order chi connectivity index (χ1) is 10.6. The fraction of sp³-hybridized carbons (Fsp3) is 1.00. The van der Waals surface area contributed by atoms with Crippen LogP contribution in [-0.4, -0.2) is 43.6 Å². The smallest absolute Gasteiger partial charge is 0.105 e. The minimum Gasteiger partial charge on any atom is -0.377 e. The number of likely N-dealkylation sites (tertiary alicyclic amines) is 1. The second-order valence-electron chi connectivity index (χ2n) is 8.76. The summed E-state index contributed by atoms with van der Waals surface area (Å²) in [5.41, 5.74) is 0.386. The Labute approximate surface area is 138 Å². The largest absolute Gasteiger partial charge is 0.377 e. The van der Waals surface area contributed by atoms with Crippen molar-refractivity contribution in [2.75, 3.05) is 13.2 Å². The van der Waals surface area contributed by atoms with Crippen LogP contribution >= 0.6 is 0 Å². The molecule has 2 aliphatic heterocycles. The van der Waals surface area contributed by atoms with Crippen LogP contribution in [0.15, 0.2) is 0 Å². The third kappa shape index (κ3) is 2.88. The summed E-state index contributed by atoms with van der Waals surface area (Å²) >= 11 is 0. The van der Waals surface area contributed by atoms with E-state index < -0.39 is 0 Å². The molecule has 126 valence electrons. The number of piperidine rings is 1. The summed E-state index contributed by atoms with van der Waals surface area (Å²) in [5.74, 6) is 2.80. The first-order valence-electron chi connectivity index (χ1n) is 9.94. The molecule has 2 nitrogen and oxygen atoms in total. The molecule has 0 aromatic rings. The van der Waals surface area contributed by atoms with Crippen molar-refractivity contribution in [2.45, 2.75) is 95.6 Å². The van der Waals surface area contributed by atoms with Gasteiger partial charge in [0.15, 0.2) is 0 Å². The molecule has 1 saturated carbocycles. The van der Waals surface area contributed by atoms with Crippen LogP contribution in [0.4, 0.5) is 0 Å². The maximum atomic E-state index is 5.82. The molecule has 3 heteroatoms. The molecule has 4 atom stereocenters. The molecule has 0 aromatic carbocycles. The third-order valence-corrected chi connectivity index (χ3v) is 6.87. The minimum absolute atomic E-state index is 0.386. The Morgan fingerprint density at radius 1 is 1.18 bits per heavy atom. The van der Waals surface area contributed by atoms with Crippen molar-refractivity contribution in [3.8, 4) is 0 Å². The zero-order valence-corrected chi connectivity index (χ0v) is 15.3. The molecule has 3 fully saturated rings. The standard InChI is InChI=1S/C19H36BNO/c1-4-6-17-11-15-9-10-16(20)7-5-8-18(15)19(12-22-13-19)21(17)14(2)3/h14-18H,4-13,20H2,1-3H3. The molecule has 1 aliphatic carbocycles. The minimum atomic E-state index is 0.386. The van der Waals surface area contributed by atoms with Crippen LogP contribution in [-0.2, 0) is 4.74 Å². The van der Waals surface area contributed by atoms with E-state index in [0.717, 1.165) is 36.9 Å². The lowest BCUT2D eigenvalue weighted by atomic mass is 9.60. The highest BCUT2D eigenvalue weighted by molar-refractivity contribution is 6.11. The fourth-order valence-corrected chi connectivity index (χ4v) is 5.97. The molecule has 1 spiro atoms. The van der Waals surface area contributed by atoms with Gasteiger partial charge in [0.05, 0.1) is 18.8 Å². The number of ether oxygens (including phenoxy) is 1. The predicted octanol–water partition coefficient (Wildman–Crippen LogP) is 3.66. The van der Waals surface area contributed by atoms with Crippen LogP contribution in [0.3, 0.4) is 0 Å². The van der Waals surface area contributed by atoms with Gasteiger partial charge in [0.25, 0.3) is 0 Å². The van der Waals surface area contributed by atoms with E-state index in [1.54, 1.807) is 0 Å². The zero-order valence-electron chi connectivity index (χ0n) is 15.3. The Kier molecular flexibility index (Phi) is 5.24. The molecule has 0 N–H and O–H groups in total. The van der Waals surface area contributed by atoms with Crippen LogP contribution in [0.25, 0.3) is 0 Å². The molecule has 2 heterocycles. The number of nitrogens with zero attached hydrogens (tertiary/aromatic N) is 1. The number of hydrogen-bond acceptors (Lipinski definition) is 2. The summed E-state index contributed by atoms with van der Waals surface area (Å²) < 4.78 is 5.82. The van der Waals surface area contributed by atoms with E-state index >= 15 is 0 Å². The van der Waals surface area contributed by atoms with E-state index in [1.165, 1.54) is 51.4 Å². The highest BCUT2D eigenvalue weighted by Gasteiger charge is 2.57. The van der Waals surface area contributed by atoms with Gasteiger partial charge in [-0.25, -0.2) is 0 Å². The summed E-state index contributed by atoms with van der Waals surface area (Å²) in [7, 11) is 2.47. The molecule has 4 unspecified atom stereocenters. The van der Waals surface area contributed by atoms with Crippen molar-refractivity contribution < 1.29 is 4.74 Å². The zero-order chi connectivity index (χ0) is 15.7. The Morgan fingerprint density at radius 3 is 2.55 bits per heavy atom. The number of rotatable bonds is 3. The van der Waals surface area contributed by atoms with Crippen LogP contribution in [0.1, 0.15) is 72.1 Å². The number of hydrogen-bond donors (Lipinski definition) is 0. The number of fused-ring (bicyclic) bond motifs is 2. The average molecular weight is 305 g/mol. The third-order valence-electron chi connectivity index (χ3n) is 6.87. The normalized spacial score (nSPS) is 39.1. The van der Waals surface area contributed by atoms with Crippen LogP contribution < -0.4 is 0 Å². The fourth-order valence-electron chi connectivity index (χ4n) is 5.97. The second-order valence-corrected chi connectivity index (χ2v) is 8.76. The van der Waals surface area contributed by atoms with Gasteiger partial charge in [-0.1, -0.05) is 44.8 Å². The van der Waals surface area contributed by atoms with Crippen molar-refractivity contribution in [2.24, 2.45) is 11.8 Å². The van der Waals surface area contributed by atoms with Crippen molar-refractivity contribution in [3.05, 3.63) is 0 Å². The van der Waals surface area contributed by atoms with Gasteiger partial charge in [-0.2, -0.15) is 0 Å². The van der Waals surface area contributed by atoms with Crippen molar-refractivity contribution >= 4 is 7.85 Å². The quantitative estimate of drug-likeness (QED) is 0.738. The molecule has 0 radical (unpaired) electrons. The SMILES string of the molecule is BC1CCCC2C(CC1)CC(CCC)N(C(C)C)C21COC1. The van der Waals surface area contributed by atoms with Gasteiger partial charge < -0.3 is 4.74 Å². The summed E-state index contributed by atoms with van der Waals surface area (Å²) in [6.45, 7) is 9.18. The molecular weight excluding hydrogens is 269 g/mol. The van der Waals surface area contributed by atoms with Crippen molar-refractivity contribution in [1.29, 1.82) is 0 Å². The lowest BCUT2D eigenvalue weighted by molar-refractivity contribution is -0.227. The molecule has 2 saturated heterocycles. The summed E-state index contributed by atoms with van der Waals surface area (Å²) in [6.07, 6.45) is 11.4. The van der Waals surface area contributed by atoms with Crippen LogP contribution in [0.5, 0.6) is 0 Å². The first-order valence-corrected chi connectivity index (χ1v) is 9.94. The van der Waals surface area contributed by atoms with Crippen molar-refractivity contribution in [1.82, 2.24) is 4.90 Å². The van der Waals surface area contributed by atoms with Gasteiger partial charge in [-0.15, -0.1) is 0 Å². The topological polar surface area (TPSA) is 12.5 Å². The molecular formula is C19H36BNO. The monoisotopic (exact) mass is 305 g/mol. The highest BCUT2D eigenvalue weighted by Crippen LogP contribution is 2.51. The van der Waals surface area contributed by atoms with E-state index in [0.29, 0.717) is 11.6 Å².